The normalized spacial score (nSPS) is 27.1. The molecule has 9 heteroatoms. The van der Waals surface area contributed by atoms with Gasteiger partial charge in [0.1, 0.15) is 22.8 Å². The molecule has 1 amide bonds. The van der Waals surface area contributed by atoms with Crippen LogP contribution < -0.4 is 4.74 Å². The Kier molecular flexibility index (Phi) is 7.66. The quantitative estimate of drug-likeness (QED) is 0.185. The highest BCUT2D eigenvalue weighted by Crippen LogP contribution is 2.70. The van der Waals surface area contributed by atoms with Gasteiger partial charge in [0.15, 0.2) is 0 Å². The number of nitrogens with zero attached hydrogens (tertiary/aromatic N) is 2. The molecule has 1 heterocycles. The van der Waals surface area contributed by atoms with E-state index in [9.17, 15) is 13.2 Å². The molecule has 0 N–H and O–H groups in total. The molecule has 1 spiro atoms. The number of thioether (sulfide) groups is 2. The van der Waals surface area contributed by atoms with Crippen LogP contribution in [0.15, 0.2) is 59.6 Å². The van der Waals surface area contributed by atoms with Crippen LogP contribution in [0.3, 0.4) is 0 Å². The molecule has 2 aromatic rings. The van der Waals surface area contributed by atoms with Crippen molar-refractivity contribution in [2.45, 2.75) is 58.2 Å². The van der Waals surface area contributed by atoms with Gasteiger partial charge < -0.3 is 4.74 Å². The van der Waals surface area contributed by atoms with Crippen LogP contribution in [0.2, 0.25) is 0 Å². The van der Waals surface area contributed by atoms with Crippen LogP contribution in [-0.2, 0) is 27.8 Å². The second-order valence-electron chi connectivity index (χ2n) is 11.2. The van der Waals surface area contributed by atoms with Crippen LogP contribution in [-0.4, -0.2) is 53.4 Å². The first-order chi connectivity index (χ1) is 18.1. The zero-order valence-corrected chi connectivity index (χ0v) is 24.9. The molecule has 0 aromatic heterocycles. The fourth-order valence-corrected chi connectivity index (χ4v) is 10.6. The SMILES string of the molecule is CSC(=[15N][13C@H](Cc1ccc(OCc2ccccc2)cc1)[13C](=O)N1[C@@H]2C[C@H]3CC[C@]2(CS1(=O)=O)C3(C)C)SC. The van der Waals surface area contributed by atoms with E-state index >= 15 is 0 Å². The maximum Gasteiger partial charge on any atom is 0.261 e. The van der Waals surface area contributed by atoms with Gasteiger partial charge >= 0.3 is 0 Å². The summed E-state index contributed by atoms with van der Waals surface area (Å²) in [5.74, 6) is 0.880. The minimum Gasteiger partial charge on any atom is -0.489 e. The highest BCUT2D eigenvalue weighted by Gasteiger charge is 2.72. The molecule has 0 unspecified atom stereocenters. The maximum atomic E-state index is 14.1. The zero-order valence-electron chi connectivity index (χ0n) is 22.4. The molecule has 3 aliphatic rings. The number of ether oxygens (including phenoxy) is 1. The Labute approximate surface area is 235 Å². The number of aliphatic imine (C=N–C) groups is 1. The first-order valence-corrected chi connectivity index (χ1v) is 17.1. The van der Waals surface area contributed by atoms with Gasteiger partial charge in [-0.15, -0.1) is 23.5 Å². The summed E-state index contributed by atoms with van der Waals surface area (Å²) in [6, 6.07) is 16.6. The predicted octanol–water partition coefficient (Wildman–Crippen LogP) is 5.63. The third-order valence-electron chi connectivity index (χ3n) is 9.12. The molecule has 204 valence electrons. The summed E-state index contributed by atoms with van der Waals surface area (Å²) in [4.78, 5) is 18.9. The van der Waals surface area contributed by atoms with E-state index in [4.69, 9.17) is 9.73 Å². The largest absolute Gasteiger partial charge is 0.489 e. The smallest absolute Gasteiger partial charge is 0.261 e. The van der Waals surface area contributed by atoms with Crippen molar-refractivity contribution >= 4 is 43.8 Å². The van der Waals surface area contributed by atoms with E-state index in [0.29, 0.717) is 18.9 Å². The van der Waals surface area contributed by atoms with E-state index < -0.39 is 16.1 Å². The van der Waals surface area contributed by atoms with Gasteiger partial charge in [0, 0.05) is 11.8 Å². The summed E-state index contributed by atoms with van der Waals surface area (Å²) >= 11 is 2.96. The van der Waals surface area contributed by atoms with E-state index in [1.807, 2.05) is 67.1 Å². The molecule has 0 radical (unpaired) electrons. The second kappa shape index (κ2) is 10.5. The Hall–Kier alpha value is -1.97. The molecule has 3 fully saturated rings. The lowest BCUT2D eigenvalue weighted by atomic mass is 9.69. The Morgan fingerprint density at radius 2 is 1.76 bits per heavy atom. The van der Waals surface area contributed by atoms with Crippen molar-refractivity contribution in [3.8, 4) is 5.75 Å². The number of sulfonamides is 1. The third kappa shape index (κ3) is 4.79. The Balaban J connectivity index is 1.38. The predicted molar refractivity (Wildman–Crippen MR) is 157 cm³/mol. The van der Waals surface area contributed by atoms with E-state index in [1.54, 1.807) is 0 Å². The van der Waals surface area contributed by atoms with E-state index in [-0.39, 0.29) is 28.5 Å². The standard InChI is InChI=1S/C29H36N2O4S3/c1-28(2)22-14-15-29(28)19-38(33,34)31(25(29)17-22)26(32)24(30-27(36-3)37-4)16-20-10-12-23(13-11-20)35-18-21-8-6-5-7-9-21/h5-13,22,24-25H,14-19H2,1-4H3/t22-,24-,25-,29-/m1/s1/i24+1,26+1,30+1. The number of hydrogen-bond donors (Lipinski definition) is 0. The fourth-order valence-electron chi connectivity index (χ4n) is 6.92. The number of fused-ring (bicyclic) bond motifs is 1. The highest BCUT2D eigenvalue weighted by molar-refractivity contribution is 8.38. The van der Waals surface area contributed by atoms with Gasteiger partial charge in [-0.3, -0.25) is 9.79 Å². The number of carbonyl (C=O) groups excluding carboxylic acids is 1. The monoisotopic (exact) mass is 575 g/mol. The Morgan fingerprint density at radius 3 is 2.39 bits per heavy atom. The molecule has 1 saturated heterocycles. The summed E-state index contributed by atoms with van der Waals surface area (Å²) < 4.78 is 35.0. The van der Waals surface area contributed by atoms with E-state index in [1.165, 1.54) is 27.8 Å². The number of carbonyl (C=O) groups is 1. The molecule has 38 heavy (non-hydrogen) atoms. The molecule has 5 rings (SSSR count). The molecule has 4 atom stereocenters. The number of amides is 1. The molecular weight excluding hydrogens is 540 g/mol. The van der Waals surface area contributed by atoms with Crippen LogP contribution in [0.1, 0.15) is 44.2 Å². The van der Waals surface area contributed by atoms with Crippen molar-refractivity contribution in [1.29, 1.82) is 0 Å². The van der Waals surface area contributed by atoms with Crippen molar-refractivity contribution < 1.29 is 17.9 Å². The van der Waals surface area contributed by atoms with Gasteiger partial charge in [-0.1, -0.05) is 56.3 Å². The average Bonchev–Trinajstić information content (AvgIpc) is 3.39. The minimum absolute atomic E-state index is 0.0711. The molecule has 2 aliphatic carbocycles. The lowest BCUT2D eigenvalue weighted by Crippen LogP contribution is -2.48. The number of benzene rings is 2. The molecular formula is C29H36N2O4S3. The minimum atomic E-state index is -3.71. The van der Waals surface area contributed by atoms with Crippen LogP contribution in [0.4, 0.5) is 0 Å². The van der Waals surface area contributed by atoms with Crippen LogP contribution in [0.5, 0.6) is 5.75 Å². The average molecular weight is 576 g/mol. The van der Waals surface area contributed by atoms with Gasteiger partial charge in [0.2, 0.25) is 10.0 Å². The number of rotatable bonds is 7. The van der Waals surface area contributed by atoms with Crippen molar-refractivity contribution in [3.63, 3.8) is 0 Å². The molecule has 1 aliphatic heterocycles. The Morgan fingerprint density at radius 1 is 1.08 bits per heavy atom. The maximum absolute atomic E-state index is 14.1. The van der Waals surface area contributed by atoms with Crippen molar-refractivity contribution in [2.24, 2.45) is 21.7 Å². The van der Waals surface area contributed by atoms with Crippen molar-refractivity contribution in [1.82, 2.24) is 4.31 Å². The van der Waals surface area contributed by atoms with Gasteiger partial charge in [-0.05, 0) is 66.4 Å². The summed E-state index contributed by atoms with van der Waals surface area (Å²) in [6.45, 7) is 4.87. The Bertz CT molecular complexity index is 1310. The summed E-state index contributed by atoms with van der Waals surface area (Å²) in [6.07, 6.45) is 6.87. The van der Waals surface area contributed by atoms with E-state index in [0.717, 1.165) is 40.5 Å². The van der Waals surface area contributed by atoms with Crippen LogP contribution in [0.25, 0.3) is 0 Å². The molecule has 2 bridgehead atoms. The zero-order chi connectivity index (χ0) is 27.1. The highest BCUT2D eigenvalue weighted by atomic mass is 32.2. The van der Waals surface area contributed by atoms with Crippen molar-refractivity contribution in [3.05, 3.63) is 65.7 Å². The second-order valence-corrected chi connectivity index (χ2v) is 14.9. The topological polar surface area (TPSA) is 76.0 Å². The van der Waals surface area contributed by atoms with Gasteiger partial charge in [0.05, 0.1) is 11.8 Å². The number of hydrogen-bond acceptors (Lipinski definition) is 7. The van der Waals surface area contributed by atoms with Gasteiger partial charge in [-0.2, -0.15) is 0 Å². The summed E-state index contributed by atoms with van der Waals surface area (Å²) in [5, 5.41) is 0. The van der Waals surface area contributed by atoms with Gasteiger partial charge in [-0.25, -0.2) is 12.7 Å². The molecule has 2 aromatic carbocycles. The summed E-state index contributed by atoms with van der Waals surface area (Å²) in [7, 11) is -3.71. The molecule has 6 nitrogen and oxygen atoms in total. The van der Waals surface area contributed by atoms with Crippen molar-refractivity contribution in [2.75, 3.05) is 18.3 Å². The fraction of sp³-hybridized carbons (Fsp3) is 0.517. The lowest BCUT2D eigenvalue weighted by molar-refractivity contribution is -0.130. The lowest BCUT2D eigenvalue weighted by Gasteiger charge is -2.37. The van der Waals surface area contributed by atoms with Crippen LogP contribution in [0, 0.1) is 16.7 Å². The third-order valence-corrected chi connectivity index (χ3v) is 12.9. The molecule has 2 saturated carbocycles. The first-order valence-electron chi connectivity index (χ1n) is 13.1. The summed E-state index contributed by atoms with van der Waals surface area (Å²) in [5.41, 5.74) is 1.57. The first kappa shape index (κ1) is 27.6. The van der Waals surface area contributed by atoms with E-state index in [2.05, 4.69) is 13.8 Å². The van der Waals surface area contributed by atoms with Crippen LogP contribution >= 0.6 is 23.5 Å². The van der Waals surface area contributed by atoms with Gasteiger partial charge in [0.25, 0.3) is 5.91 Å².